The van der Waals surface area contributed by atoms with Crippen LogP contribution in [0.2, 0.25) is 0 Å². The molecule has 0 aromatic carbocycles. The second-order valence-corrected chi connectivity index (χ2v) is 4.97. The van der Waals surface area contributed by atoms with Crippen molar-refractivity contribution in [2.24, 2.45) is 7.05 Å². The lowest BCUT2D eigenvalue weighted by molar-refractivity contribution is 0.0902. The number of Topliss-reactive ketones (excluding diaryl/α,β-unsaturated/α-hetero) is 1. The van der Waals surface area contributed by atoms with Gasteiger partial charge in [-0.2, -0.15) is 0 Å². The molecule has 94 valence electrons. The Morgan fingerprint density at radius 1 is 1.41 bits per heavy atom. The Morgan fingerprint density at radius 2 is 2.00 bits per heavy atom. The number of hydrogen-bond donors (Lipinski definition) is 1. The number of aromatic nitrogens is 1. The average molecular weight is 236 g/mol. The van der Waals surface area contributed by atoms with Crippen LogP contribution in [-0.2, 0) is 7.05 Å². The van der Waals surface area contributed by atoms with Gasteiger partial charge < -0.3 is 9.88 Å². The van der Waals surface area contributed by atoms with Gasteiger partial charge in [-0.25, -0.2) is 0 Å². The van der Waals surface area contributed by atoms with E-state index in [0.29, 0.717) is 11.3 Å². The summed E-state index contributed by atoms with van der Waals surface area (Å²) in [7, 11) is 1.76. The summed E-state index contributed by atoms with van der Waals surface area (Å²) in [6.07, 6.45) is 2.53. The molecule has 1 aromatic heterocycles. The number of nitrogens with one attached hydrogen (secondary N) is 1. The first-order valence-corrected chi connectivity index (χ1v) is 5.76. The standard InChI is InChI=1S/C13H20N2O2/c1-6-13(3,4)14-12(17)11-7-10(9(2)16)8-15(11)5/h7-8H,6H2,1-5H3,(H,14,17). The predicted octanol–water partition coefficient (Wildman–Crippen LogP) is 2.15. The van der Waals surface area contributed by atoms with E-state index in [1.165, 1.54) is 6.92 Å². The first-order valence-electron chi connectivity index (χ1n) is 5.76. The van der Waals surface area contributed by atoms with Crippen LogP contribution in [0.3, 0.4) is 0 Å². The van der Waals surface area contributed by atoms with Crippen LogP contribution in [0.1, 0.15) is 55.0 Å². The van der Waals surface area contributed by atoms with E-state index >= 15 is 0 Å². The van der Waals surface area contributed by atoms with Gasteiger partial charge in [0.25, 0.3) is 5.91 Å². The Morgan fingerprint density at radius 3 is 2.41 bits per heavy atom. The van der Waals surface area contributed by atoms with Crippen molar-refractivity contribution in [1.29, 1.82) is 0 Å². The molecule has 1 rings (SSSR count). The van der Waals surface area contributed by atoms with Gasteiger partial charge in [-0.1, -0.05) is 6.92 Å². The highest BCUT2D eigenvalue weighted by atomic mass is 16.2. The Bertz CT molecular complexity index is 444. The summed E-state index contributed by atoms with van der Waals surface area (Å²) in [5, 5.41) is 2.94. The minimum Gasteiger partial charge on any atom is -0.346 e. The van der Waals surface area contributed by atoms with Gasteiger partial charge in [0.2, 0.25) is 0 Å². The van der Waals surface area contributed by atoms with Gasteiger partial charge in [0.05, 0.1) is 0 Å². The second-order valence-electron chi connectivity index (χ2n) is 4.97. The molecular weight excluding hydrogens is 216 g/mol. The molecule has 4 nitrogen and oxygen atoms in total. The van der Waals surface area contributed by atoms with Gasteiger partial charge in [-0.3, -0.25) is 9.59 Å². The van der Waals surface area contributed by atoms with E-state index in [0.717, 1.165) is 6.42 Å². The first-order chi connectivity index (χ1) is 7.76. The molecule has 1 amide bonds. The third kappa shape index (κ3) is 3.19. The lowest BCUT2D eigenvalue weighted by atomic mass is 10.0. The minimum absolute atomic E-state index is 0.0330. The summed E-state index contributed by atoms with van der Waals surface area (Å²) < 4.78 is 1.68. The summed E-state index contributed by atoms with van der Waals surface area (Å²) in [4.78, 5) is 23.3. The maximum absolute atomic E-state index is 12.0. The molecule has 0 saturated carbocycles. The van der Waals surface area contributed by atoms with Crippen molar-refractivity contribution in [2.75, 3.05) is 0 Å². The van der Waals surface area contributed by atoms with Gasteiger partial charge in [-0.15, -0.1) is 0 Å². The zero-order valence-corrected chi connectivity index (χ0v) is 11.1. The maximum Gasteiger partial charge on any atom is 0.268 e. The third-order valence-electron chi connectivity index (χ3n) is 2.98. The largest absolute Gasteiger partial charge is 0.346 e. The summed E-state index contributed by atoms with van der Waals surface area (Å²) in [6, 6.07) is 1.63. The van der Waals surface area contributed by atoms with Gasteiger partial charge in [0.15, 0.2) is 5.78 Å². The molecular formula is C13H20N2O2. The van der Waals surface area contributed by atoms with Crippen LogP contribution in [-0.4, -0.2) is 21.8 Å². The van der Waals surface area contributed by atoms with Crippen molar-refractivity contribution < 1.29 is 9.59 Å². The Hall–Kier alpha value is -1.58. The molecule has 0 aliphatic rings. The zero-order chi connectivity index (χ0) is 13.2. The minimum atomic E-state index is -0.238. The second kappa shape index (κ2) is 4.73. The molecule has 0 bridgehead atoms. The SMILES string of the molecule is CCC(C)(C)NC(=O)c1cc(C(C)=O)cn1C. The number of ketones is 1. The summed E-state index contributed by atoms with van der Waals surface area (Å²) in [6.45, 7) is 7.46. The molecule has 0 radical (unpaired) electrons. The van der Waals surface area contributed by atoms with Crippen LogP contribution in [0.15, 0.2) is 12.3 Å². The monoisotopic (exact) mass is 236 g/mol. The predicted molar refractivity (Wildman–Crippen MR) is 67.3 cm³/mol. The number of amides is 1. The molecule has 1 aromatic rings. The number of carbonyl (C=O) groups is 2. The van der Waals surface area contributed by atoms with E-state index in [1.54, 1.807) is 23.9 Å². The van der Waals surface area contributed by atoms with Crippen molar-refractivity contribution in [2.45, 2.75) is 39.7 Å². The fourth-order valence-electron chi connectivity index (χ4n) is 1.44. The molecule has 1 N–H and O–H groups in total. The van der Waals surface area contributed by atoms with Crippen LogP contribution in [0.25, 0.3) is 0 Å². The number of nitrogens with zero attached hydrogens (tertiary/aromatic N) is 1. The first kappa shape index (κ1) is 13.5. The van der Waals surface area contributed by atoms with Gasteiger partial charge in [-0.05, 0) is 33.3 Å². The van der Waals surface area contributed by atoms with E-state index in [1.807, 2.05) is 20.8 Å². The lowest BCUT2D eigenvalue weighted by Crippen LogP contribution is -2.43. The Kier molecular flexibility index (Phi) is 3.76. The van der Waals surface area contributed by atoms with E-state index in [9.17, 15) is 9.59 Å². The van der Waals surface area contributed by atoms with Crippen LogP contribution in [0.5, 0.6) is 0 Å². The Labute approximate surface area is 102 Å². The highest BCUT2D eigenvalue weighted by molar-refractivity contribution is 5.99. The quantitative estimate of drug-likeness (QED) is 0.814. The maximum atomic E-state index is 12.0. The molecule has 0 fully saturated rings. The average Bonchev–Trinajstić information content (AvgIpc) is 2.60. The molecule has 0 saturated heterocycles. The fourth-order valence-corrected chi connectivity index (χ4v) is 1.44. The van der Waals surface area contributed by atoms with Crippen molar-refractivity contribution in [1.82, 2.24) is 9.88 Å². The van der Waals surface area contributed by atoms with Crippen molar-refractivity contribution in [3.05, 3.63) is 23.5 Å². The lowest BCUT2D eigenvalue weighted by Gasteiger charge is -2.24. The number of hydrogen-bond acceptors (Lipinski definition) is 2. The Balaban J connectivity index is 2.93. The number of aryl methyl sites for hydroxylation is 1. The molecule has 0 aliphatic heterocycles. The smallest absolute Gasteiger partial charge is 0.268 e. The molecule has 0 atom stereocenters. The summed E-state index contributed by atoms with van der Waals surface area (Å²) >= 11 is 0. The highest BCUT2D eigenvalue weighted by Gasteiger charge is 2.21. The van der Waals surface area contributed by atoms with Crippen LogP contribution in [0, 0.1) is 0 Å². The topological polar surface area (TPSA) is 51.1 Å². The van der Waals surface area contributed by atoms with Crippen molar-refractivity contribution in [3.8, 4) is 0 Å². The van der Waals surface area contributed by atoms with Gasteiger partial charge in [0.1, 0.15) is 5.69 Å². The van der Waals surface area contributed by atoms with Gasteiger partial charge in [0, 0.05) is 24.3 Å². The van der Waals surface area contributed by atoms with E-state index in [-0.39, 0.29) is 17.2 Å². The van der Waals surface area contributed by atoms with Crippen LogP contribution in [0.4, 0.5) is 0 Å². The van der Waals surface area contributed by atoms with Crippen molar-refractivity contribution >= 4 is 11.7 Å². The molecule has 1 heterocycles. The van der Waals surface area contributed by atoms with Crippen molar-refractivity contribution in [3.63, 3.8) is 0 Å². The normalized spacial score (nSPS) is 11.4. The van der Waals surface area contributed by atoms with Crippen LogP contribution >= 0.6 is 0 Å². The molecule has 4 heteroatoms. The molecule has 17 heavy (non-hydrogen) atoms. The number of rotatable bonds is 4. The number of carbonyl (C=O) groups excluding carboxylic acids is 2. The van der Waals surface area contributed by atoms with E-state index in [2.05, 4.69) is 5.32 Å². The van der Waals surface area contributed by atoms with E-state index < -0.39 is 0 Å². The molecule has 0 unspecified atom stereocenters. The zero-order valence-electron chi connectivity index (χ0n) is 11.1. The van der Waals surface area contributed by atoms with Crippen LogP contribution < -0.4 is 5.32 Å². The molecule has 0 spiro atoms. The molecule has 0 aliphatic carbocycles. The highest BCUT2D eigenvalue weighted by Crippen LogP contribution is 2.12. The summed E-state index contributed by atoms with van der Waals surface area (Å²) in [5.41, 5.74) is 0.834. The third-order valence-corrected chi connectivity index (χ3v) is 2.98. The van der Waals surface area contributed by atoms with E-state index in [4.69, 9.17) is 0 Å². The summed E-state index contributed by atoms with van der Waals surface area (Å²) in [5.74, 6) is -0.179. The fraction of sp³-hybridized carbons (Fsp3) is 0.538. The van der Waals surface area contributed by atoms with Gasteiger partial charge >= 0.3 is 0 Å².